The van der Waals surface area contributed by atoms with Gasteiger partial charge in [0.1, 0.15) is 12.0 Å². The summed E-state index contributed by atoms with van der Waals surface area (Å²) in [5.74, 6) is -0.836. The minimum absolute atomic E-state index is 0.0189. The first-order chi connectivity index (χ1) is 15.9. The summed E-state index contributed by atoms with van der Waals surface area (Å²) in [4.78, 5) is 46.5. The third kappa shape index (κ3) is 9.42. The number of nitroso groups, excluding NO2 is 1. The molecule has 0 bridgehead atoms. The Morgan fingerprint density at radius 2 is 1.85 bits per heavy atom. The van der Waals surface area contributed by atoms with Crippen LogP contribution in [-0.4, -0.2) is 78.7 Å². The number of nitrogens with zero attached hydrogens (tertiary/aromatic N) is 2. The second kappa shape index (κ2) is 17.5. The third-order valence-electron chi connectivity index (χ3n) is 5.39. The number of likely N-dealkylation sites (tertiary alicyclic amines) is 1. The first-order valence-electron chi connectivity index (χ1n) is 11.7. The van der Waals surface area contributed by atoms with E-state index in [0.717, 1.165) is 37.1 Å². The normalized spacial score (nSPS) is 25.5. The zero-order valence-electron chi connectivity index (χ0n) is 20.5. The Balaban J connectivity index is 0.00000113. The highest BCUT2D eigenvalue weighted by atomic mass is 32.2. The maximum atomic E-state index is 12.5. The molecule has 3 aliphatic rings. The molecule has 33 heavy (non-hydrogen) atoms. The highest BCUT2D eigenvalue weighted by molar-refractivity contribution is 8.03. The van der Waals surface area contributed by atoms with Crippen molar-refractivity contribution in [2.24, 2.45) is 16.8 Å². The van der Waals surface area contributed by atoms with Crippen LogP contribution < -0.4 is 16.4 Å². The molecule has 3 aliphatic heterocycles. The van der Waals surface area contributed by atoms with Crippen LogP contribution in [0, 0.1) is 10.8 Å². The number of thioether (sulfide) groups is 1. The minimum atomic E-state index is -0.988. The molecule has 190 valence electrons. The number of carbonyl (C=O) groups is 3. The van der Waals surface area contributed by atoms with Crippen LogP contribution in [0.1, 0.15) is 53.4 Å². The summed E-state index contributed by atoms with van der Waals surface area (Å²) in [5, 5.41) is 18.4. The van der Waals surface area contributed by atoms with Crippen LogP contribution in [0.3, 0.4) is 0 Å². The van der Waals surface area contributed by atoms with Crippen molar-refractivity contribution in [2.75, 3.05) is 33.2 Å². The molecule has 1 amide bonds. The van der Waals surface area contributed by atoms with Crippen LogP contribution in [0.4, 0.5) is 0 Å². The van der Waals surface area contributed by atoms with Gasteiger partial charge in [-0.3, -0.25) is 4.79 Å². The maximum absolute atomic E-state index is 12.5. The zero-order chi connectivity index (χ0) is 25.4. The van der Waals surface area contributed by atoms with E-state index in [1.165, 1.54) is 18.8 Å². The van der Waals surface area contributed by atoms with Gasteiger partial charge in [0.15, 0.2) is 0 Å². The third-order valence-corrected chi connectivity index (χ3v) is 6.91. The number of carbonyl (C=O) groups excluding carboxylic acids is 2. The van der Waals surface area contributed by atoms with Crippen LogP contribution >= 0.6 is 11.8 Å². The summed E-state index contributed by atoms with van der Waals surface area (Å²) >= 11 is 1.54. The van der Waals surface area contributed by atoms with Crippen molar-refractivity contribution in [3.63, 3.8) is 0 Å². The smallest absolute Gasteiger partial charge is 0.352 e. The molecular formula is C22H41N5O5S. The molecule has 2 fully saturated rings. The Bertz CT molecular complexity index is 655. The average Bonchev–Trinajstić information content (AvgIpc) is 3.60. The van der Waals surface area contributed by atoms with Gasteiger partial charge in [-0.1, -0.05) is 25.9 Å². The van der Waals surface area contributed by atoms with Crippen LogP contribution in [0.2, 0.25) is 0 Å². The second-order valence-electron chi connectivity index (χ2n) is 7.40. The summed E-state index contributed by atoms with van der Waals surface area (Å²) in [6.45, 7) is 10.4. The predicted octanol–water partition coefficient (Wildman–Crippen LogP) is 1.94. The molecule has 0 spiro atoms. The lowest BCUT2D eigenvalue weighted by Crippen LogP contribution is -2.42. The lowest BCUT2D eigenvalue weighted by atomic mass is 10.0. The lowest BCUT2D eigenvalue weighted by molar-refractivity contribution is -0.133. The molecule has 0 radical (unpaired) electrons. The molecule has 3 heterocycles. The van der Waals surface area contributed by atoms with Crippen LogP contribution in [-0.2, 0) is 14.4 Å². The van der Waals surface area contributed by atoms with E-state index in [1.807, 2.05) is 25.7 Å². The summed E-state index contributed by atoms with van der Waals surface area (Å²) < 4.78 is 0. The summed E-state index contributed by atoms with van der Waals surface area (Å²) in [5.41, 5.74) is 4.71. The van der Waals surface area contributed by atoms with Gasteiger partial charge >= 0.3 is 5.97 Å². The van der Waals surface area contributed by atoms with Gasteiger partial charge in [-0.25, -0.2) is 4.79 Å². The Morgan fingerprint density at radius 1 is 1.27 bits per heavy atom. The SMILES string of the molecule is CC.CC1C(SC2CNC(C(=O)N3CCCC3)C2)=C(C(=O)O)NC1CC=O.CCN=O.CN. The first kappa shape index (κ1) is 31.0. The van der Waals surface area contributed by atoms with Gasteiger partial charge in [-0.15, -0.1) is 11.8 Å². The molecule has 0 aromatic heterocycles. The van der Waals surface area contributed by atoms with Crippen LogP contribution in [0.15, 0.2) is 15.8 Å². The number of nitrogens with one attached hydrogen (secondary N) is 2. The molecule has 0 aromatic carbocycles. The highest BCUT2D eigenvalue weighted by Crippen LogP contribution is 2.40. The van der Waals surface area contributed by atoms with Crippen molar-refractivity contribution >= 4 is 29.9 Å². The fraction of sp³-hybridized carbons (Fsp3) is 0.773. The topological polar surface area (TPSA) is 154 Å². The number of aldehydes is 1. The summed E-state index contributed by atoms with van der Waals surface area (Å²) in [6.07, 6.45) is 3.98. The summed E-state index contributed by atoms with van der Waals surface area (Å²) in [6, 6.07) is -0.331. The second-order valence-corrected chi connectivity index (χ2v) is 8.74. The minimum Gasteiger partial charge on any atom is -0.477 e. The Morgan fingerprint density at radius 3 is 2.33 bits per heavy atom. The van der Waals surface area contributed by atoms with E-state index >= 15 is 0 Å². The Labute approximate surface area is 201 Å². The molecule has 3 rings (SSSR count). The zero-order valence-corrected chi connectivity index (χ0v) is 21.3. The standard InChI is InChI=1S/C17H25N3O4S.C2H5NO.C2H6.CH5N/c1-10-12(4-7-21)19-14(17(23)24)15(10)25-11-8-13(18-9-11)16(22)20-5-2-3-6-20;1-2-3-4;2*1-2/h7,10-13,18-19H,2-6,8-9H2,1H3,(H,23,24);2H2,1H3;1-2H3;2H2,1H3. The van der Waals surface area contributed by atoms with Crippen molar-refractivity contribution in [3.05, 3.63) is 15.5 Å². The van der Waals surface area contributed by atoms with Crippen molar-refractivity contribution in [2.45, 2.75) is 70.7 Å². The average molecular weight is 488 g/mol. The number of hydrogen-bond donors (Lipinski definition) is 4. The first-order valence-corrected chi connectivity index (χ1v) is 12.5. The molecule has 0 aliphatic carbocycles. The van der Waals surface area contributed by atoms with Gasteiger partial charge in [-0.05, 0) is 33.2 Å². The van der Waals surface area contributed by atoms with Gasteiger partial charge in [0, 0.05) is 48.2 Å². The molecular weight excluding hydrogens is 446 g/mol. The molecule has 4 atom stereocenters. The van der Waals surface area contributed by atoms with Gasteiger partial charge in [0.2, 0.25) is 5.91 Å². The Hall–Kier alpha value is -1.98. The highest BCUT2D eigenvalue weighted by Gasteiger charge is 2.39. The van der Waals surface area contributed by atoms with Crippen LogP contribution in [0.5, 0.6) is 0 Å². The van der Waals surface area contributed by atoms with Crippen molar-refractivity contribution in [3.8, 4) is 0 Å². The van der Waals surface area contributed by atoms with E-state index in [-0.39, 0.29) is 34.9 Å². The lowest BCUT2D eigenvalue weighted by Gasteiger charge is -2.20. The number of nitrogens with two attached hydrogens (primary N) is 1. The van der Waals surface area contributed by atoms with E-state index in [0.29, 0.717) is 25.9 Å². The summed E-state index contributed by atoms with van der Waals surface area (Å²) in [7, 11) is 1.50. The molecule has 0 aromatic rings. The molecule has 11 heteroatoms. The monoisotopic (exact) mass is 487 g/mol. The number of carboxylic acids is 1. The number of amides is 1. The van der Waals surface area contributed by atoms with Gasteiger partial charge in [0.25, 0.3) is 0 Å². The fourth-order valence-electron chi connectivity index (χ4n) is 3.81. The van der Waals surface area contributed by atoms with E-state index < -0.39 is 5.97 Å². The molecule has 0 saturated carbocycles. The predicted molar refractivity (Wildman–Crippen MR) is 133 cm³/mol. The van der Waals surface area contributed by atoms with Gasteiger partial charge in [-0.2, -0.15) is 4.91 Å². The van der Waals surface area contributed by atoms with Gasteiger partial charge in [0.05, 0.1) is 12.6 Å². The van der Waals surface area contributed by atoms with E-state index in [9.17, 15) is 19.5 Å². The number of hydrogen-bond acceptors (Lipinski definition) is 9. The fourth-order valence-corrected chi connectivity index (χ4v) is 5.28. The molecule has 5 N–H and O–H groups in total. The van der Waals surface area contributed by atoms with Gasteiger partial charge < -0.3 is 31.2 Å². The largest absolute Gasteiger partial charge is 0.477 e. The van der Waals surface area contributed by atoms with Crippen molar-refractivity contribution in [1.82, 2.24) is 15.5 Å². The Kier molecular flexibility index (Phi) is 16.4. The number of aliphatic carboxylic acids is 1. The molecule has 10 nitrogen and oxygen atoms in total. The van der Waals surface area contributed by atoms with E-state index in [1.54, 1.807) is 6.92 Å². The van der Waals surface area contributed by atoms with Crippen LogP contribution in [0.25, 0.3) is 0 Å². The number of rotatable bonds is 7. The van der Waals surface area contributed by atoms with E-state index in [2.05, 4.69) is 21.5 Å². The van der Waals surface area contributed by atoms with E-state index in [4.69, 9.17) is 4.91 Å². The van der Waals surface area contributed by atoms with Crippen molar-refractivity contribution < 1.29 is 19.5 Å². The van der Waals surface area contributed by atoms with Crippen molar-refractivity contribution in [1.29, 1.82) is 0 Å². The number of carboxylic acid groups (broad SMARTS) is 1. The quantitative estimate of drug-likeness (QED) is 0.311. The maximum Gasteiger partial charge on any atom is 0.352 e. The molecule has 4 unspecified atom stereocenters. The molecule has 2 saturated heterocycles.